The van der Waals surface area contributed by atoms with Crippen LogP contribution in [0.1, 0.15) is 32.1 Å². The lowest BCUT2D eigenvalue weighted by Gasteiger charge is -2.26. The van der Waals surface area contributed by atoms with Gasteiger partial charge < -0.3 is 11.1 Å². The van der Waals surface area contributed by atoms with E-state index in [1.165, 1.54) is 32.1 Å². The maximum atomic E-state index is 12.1. The summed E-state index contributed by atoms with van der Waals surface area (Å²) in [6, 6.07) is 5.08. The first kappa shape index (κ1) is 16.1. The topological polar surface area (TPSA) is 58.4 Å². The van der Waals surface area contributed by atoms with Gasteiger partial charge >= 0.3 is 0 Å². The fourth-order valence-electron chi connectivity index (χ4n) is 2.95. The van der Waals surface area contributed by atoms with Gasteiger partial charge in [0, 0.05) is 11.6 Å². The maximum absolute atomic E-state index is 12.1. The Labute approximate surface area is 131 Å². The number of likely N-dealkylation sites (N-methyl/N-ethyl adjacent to an activating group) is 1. The second-order valence-electron chi connectivity index (χ2n) is 5.98. The van der Waals surface area contributed by atoms with Crippen molar-refractivity contribution in [2.75, 3.05) is 31.2 Å². The van der Waals surface area contributed by atoms with Crippen LogP contribution in [-0.2, 0) is 4.79 Å². The molecule has 1 aliphatic carbocycles. The van der Waals surface area contributed by atoms with Gasteiger partial charge in [-0.05, 0) is 44.0 Å². The minimum absolute atomic E-state index is 0.0534. The first-order valence-corrected chi connectivity index (χ1v) is 7.96. The van der Waals surface area contributed by atoms with Crippen molar-refractivity contribution in [2.45, 2.75) is 32.1 Å². The first-order valence-electron chi connectivity index (χ1n) is 7.58. The number of nitrogens with two attached hydrogens (primary N) is 1. The molecule has 5 heteroatoms. The average molecular weight is 310 g/mol. The molecule has 1 fully saturated rings. The number of anilines is 2. The first-order chi connectivity index (χ1) is 10.0. The van der Waals surface area contributed by atoms with Gasteiger partial charge in [0.1, 0.15) is 0 Å². The summed E-state index contributed by atoms with van der Waals surface area (Å²) in [6.07, 6.45) is 6.57. The monoisotopic (exact) mass is 309 g/mol. The minimum Gasteiger partial charge on any atom is -0.397 e. The Kier molecular flexibility index (Phi) is 5.88. The molecule has 0 bridgehead atoms. The second kappa shape index (κ2) is 7.66. The summed E-state index contributed by atoms with van der Waals surface area (Å²) in [4.78, 5) is 14.2. The zero-order valence-corrected chi connectivity index (χ0v) is 13.3. The van der Waals surface area contributed by atoms with E-state index in [1.54, 1.807) is 18.2 Å². The van der Waals surface area contributed by atoms with Crippen LogP contribution in [-0.4, -0.2) is 30.9 Å². The molecule has 0 aliphatic heterocycles. The van der Waals surface area contributed by atoms with E-state index in [1.807, 2.05) is 7.05 Å². The number of carbonyl (C=O) groups is 1. The molecule has 1 aromatic rings. The smallest absolute Gasteiger partial charge is 0.238 e. The number of halogens is 1. The number of carbonyl (C=O) groups excluding carboxylic acids is 1. The number of rotatable bonds is 5. The highest BCUT2D eigenvalue weighted by Gasteiger charge is 2.17. The van der Waals surface area contributed by atoms with E-state index in [0.717, 1.165) is 12.5 Å². The van der Waals surface area contributed by atoms with Crippen LogP contribution in [0, 0.1) is 5.92 Å². The molecular formula is C16H24ClN3O. The molecule has 0 heterocycles. The summed E-state index contributed by atoms with van der Waals surface area (Å²) in [5, 5.41) is 3.39. The van der Waals surface area contributed by atoms with E-state index in [4.69, 9.17) is 17.3 Å². The lowest BCUT2D eigenvalue weighted by atomic mass is 9.89. The van der Waals surface area contributed by atoms with Crippen LogP contribution in [0.5, 0.6) is 0 Å². The molecule has 0 radical (unpaired) electrons. The summed E-state index contributed by atoms with van der Waals surface area (Å²) in [6.45, 7) is 1.36. The Morgan fingerprint density at radius 2 is 2.10 bits per heavy atom. The van der Waals surface area contributed by atoms with E-state index in [-0.39, 0.29) is 5.91 Å². The zero-order valence-electron chi connectivity index (χ0n) is 12.6. The minimum atomic E-state index is -0.0534. The van der Waals surface area contributed by atoms with Crippen molar-refractivity contribution in [3.05, 3.63) is 23.2 Å². The molecular weight excluding hydrogens is 286 g/mol. The highest BCUT2D eigenvalue weighted by Crippen LogP contribution is 2.24. The van der Waals surface area contributed by atoms with Crippen LogP contribution in [0.3, 0.4) is 0 Å². The normalized spacial score (nSPS) is 16.1. The molecule has 0 unspecified atom stereocenters. The summed E-state index contributed by atoms with van der Waals surface area (Å²) in [7, 11) is 2.00. The molecule has 0 atom stereocenters. The van der Waals surface area contributed by atoms with Gasteiger partial charge in [0.25, 0.3) is 0 Å². The molecule has 1 aliphatic rings. The van der Waals surface area contributed by atoms with Gasteiger partial charge in [-0.25, -0.2) is 0 Å². The third-order valence-corrected chi connectivity index (χ3v) is 4.23. The number of nitrogens with zero attached hydrogens (tertiary/aromatic N) is 1. The number of amides is 1. The predicted molar refractivity (Wildman–Crippen MR) is 88.6 cm³/mol. The fourth-order valence-corrected chi connectivity index (χ4v) is 3.12. The second-order valence-corrected chi connectivity index (χ2v) is 6.42. The van der Waals surface area contributed by atoms with E-state index in [2.05, 4.69) is 10.2 Å². The number of nitrogen functional groups attached to an aromatic ring is 1. The van der Waals surface area contributed by atoms with Crippen molar-refractivity contribution in [1.29, 1.82) is 0 Å². The average Bonchev–Trinajstić information content (AvgIpc) is 2.43. The quantitative estimate of drug-likeness (QED) is 0.820. The fraction of sp³-hybridized carbons (Fsp3) is 0.562. The SMILES string of the molecule is CN(CC(=O)Nc1cc(Cl)ccc1N)CC1CCCCC1. The van der Waals surface area contributed by atoms with Gasteiger partial charge in [-0.2, -0.15) is 0 Å². The van der Waals surface area contributed by atoms with Crippen LogP contribution in [0.2, 0.25) is 5.02 Å². The molecule has 0 spiro atoms. The van der Waals surface area contributed by atoms with Gasteiger partial charge in [0.05, 0.1) is 17.9 Å². The van der Waals surface area contributed by atoms with E-state index in [0.29, 0.717) is 22.9 Å². The highest BCUT2D eigenvalue weighted by molar-refractivity contribution is 6.31. The van der Waals surface area contributed by atoms with E-state index < -0.39 is 0 Å². The van der Waals surface area contributed by atoms with Gasteiger partial charge in [-0.3, -0.25) is 9.69 Å². The van der Waals surface area contributed by atoms with Crippen LogP contribution < -0.4 is 11.1 Å². The molecule has 1 amide bonds. The molecule has 1 aromatic carbocycles. The number of hydrogen-bond donors (Lipinski definition) is 2. The van der Waals surface area contributed by atoms with Gasteiger partial charge in [0.15, 0.2) is 0 Å². The van der Waals surface area contributed by atoms with Crippen molar-refractivity contribution < 1.29 is 4.79 Å². The van der Waals surface area contributed by atoms with Crippen LogP contribution in [0.15, 0.2) is 18.2 Å². The molecule has 3 N–H and O–H groups in total. The highest BCUT2D eigenvalue weighted by atomic mass is 35.5. The van der Waals surface area contributed by atoms with Crippen LogP contribution in [0.4, 0.5) is 11.4 Å². The molecule has 1 saturated carbocycles. The maximum Gasteiger partial charge on any atom is 0.238 e. The van der Waals surface area contributed by atoms with Crippen molar-refractivity contribution in [3.8, 4) is 0 Å². The standard InChI is InChI=1S/C16H24ClN3O/c1-20(10-12-5-3-2-4-6-12)11-16(21)19-15-9-13(17)7-8-14(15)18/h7-9,12H,2-6,10-11,18H2,1H3,(H,19,21). The Balaban J connectivity index is 1.81. The van der Waals surface area contributed by atoms with E-state index in [9.17, 15) is 4.79 Å². The van der Waals surface area contributed by atoms with Crippen molar-refractivity contribution in [2.24, 2.45) is 5.92 Å². The molecule has 4 nitrogen and oxygen atoms in total. The van der Waals surface area contributed by atoms with Crippen molar-refractivity contribution >= 4 is 28.9 Å². The molecule has 0 saturated heterocycles. The van der Waals surface area contributed by atoms with Gasteiger partial charge in [0.2, 0.25) is 5.91 Å². The van der Waals surface area contributed by atoms with E-state index >= 15 is 0 Å². The number of nitrogens with one attached hydrogen (secondary N) is 1. The zero-order chi connectivity index (χ0) is 15.2. The molecule has 2 rings (SSSR count). The van der Waals surface area contributed by atoms with Crippen LogP contribution >= 0.6 is 11.6 Å². The Bertz CT molecular complexity index is 486. The number of benzene rings is 1. The Hall–Kier alpha value is -1.26. The lowest BCUT2D eigenvalue weighted by molar-refractivity contribution is -0.117. The summed E-state index contributed by atoms with van der Waals surface area (Å²) in [5.74, 6) is 0.676. The summed E-state index contributed by atoms with van der Waals surface area (Å²) < 4.78 is 0. The van der Waals surface area contributed by atoms with Crippen molar-refractivity contribution in [1.82, 2.24) is 4.90 Å². The molecule has 21 heavy (non-hydrogen) atoms. The van der Waals surface area contributed by atoms with Gasteiger partial charge in [-0.15, -0.1) is 0 Å². The molecule has 0 aromatic heterocycles. The third kappa shape index (κ3) is 5.21. The largest absolute Gasteiger partial charge is 0.397 e. The summed E-state index contributed by atoms with van der Waals surface area (Å²) in [5.41, 5.74) is 6.94. The lowest BCUT2D eigenvalue weighted by Crippen LogP contribution is -2.34. The Morgan fingerprint density at radius 1 is 1.38 bits per heavy atom. The Morgan fingerprint density at radius 3 is 2.81 bits per heavy atom. The predicted octanol–water partition coefficient (Wildman–Crippen LogP) is 3.37. The number of hydrogen-bond acceptors (Lipinski definition) is 3. The third-order valence-electron chi connectivity index (χ3n) is 4.00. The van der Waals surface area contributed by atoms with Crippen molar-refractivity contribution in [3.63, 3.8) is 0 Å². The van der Waals surface area contributed by atoms with Crippen LogP contribution in [0.25, 0.3) is 0 Å². The molecule has 116 valence electrons. The summed E-state index contributed by atoms with van der Waals surface area (Å²) >= 11 is 5.92. The van der Waals surface area contributed by atoms with Gasteiger partial charge in [-0.1, -0.05) is 30.9 Å².